The van der Waals surface area contributed by atoms with Gasteiger partial charge in [-0.25, -0.2) is 0 Å². The molecule has 0 bridgehead atoms. The quantitative estimate of drug-likeness (QED) is 0.704. The van der Waals surface area contributed by atoms with Crippen molar-refractivity contribution in [1.29, 1.82) is 0 Å². The summed E-state index contributed by atoms with van der Waals surface area (Å²) in [7, 11) is 0. The number of nitrogens with one attached hydrogen (secondary N) is 2. The number of hydrogen-bond acceptors (Lipinski definition) is 3. The molecule has 4 N–H and O–H groups in total. The zero-order chi connectivity index (χ0) is 15.3. The molecule has 0 aromatic heterocycles. The second-order valence-corrected chi connectivity index (χ2v) is 6.43. The summed E-state index contributed by atoms with van der Waals surface area (Å²) in [5.41, 5.74) is 5.73. The largest absolute Gasteiger partial charge is 0.352 e. The van der Waals surface area contributed by atoms with Crippen molar-refractivity contribution in [2.45, 2.75) is 59.0 Å². The van der Waals surface area contributed by atoms with Crippen LogP contribution < -0.4 is 16.4 Å². The van der Waals surface area contributed by atoms with Crippen LogP contribution in [0.5, 0.6) is 0 Å². The maximum Gasteiger partial charge on any atom is 0.239 e. The lowest BCUT2D eigenvalue weighted by Crippen LogP contribution is -2.50. The monoisotopic (exact) mass is 283 g/mol. The van der Waals surface area contributed by atoms with Gasteiger partial charge in [-0.05, 0) is 24.2 Å². The van der Waals surface area contributed by atoms with E-state index in [-0.39, 0.29) is 30.3 Å². The fraction of sp³-hybridized carbons (Fsp3) is 0.867. The van der Waals surface area contributed by atoms with E-state index in [1.54, 1.807) is 0 Å². The molecule has 5 nitrogen and oxygen atoms in total. The van der Waals surface area contributed by atoms with Crippen LogP contribution in [0.4, 0.5) is 0 Å². The molecular formula is C15H29N3O2. The van der Waals surface area contributed by atoms with E-state index in [1.807, 2.05) is 13.8 Å². The minimum Gasteiger partial charge on any atom is -0.352 e. The SMILES string of the molecule is CC1CCCC(NC(=O)CNC(=O)[C@@H](N)C(C)C)C1C. The molecule has 1 rings (SSSR count). The minimum atomic E-state index is -0.559. The fourth-order valence-electron chi connectivity index (χ4n) is 2.63. The van der Waals surface area contributed by atoms with E-state index in [4.69, 9.17) is 5.73 Å². The van der Waals surface area contributed by atoms with Gasteiger partial charge in [0.1, 0.15) is 0 Å². The third kappa shape index (κ3) is 4.78. The lowest BCUT2D eigenvalue weighted by Gasteiger charge is -2.34. The van der Waals surface area contributed by atoms with E-state index in [9.17, 15) is 9.59 Å². The molecule has 116 valence electrons. The van der Waals surface area contributed by atoms with Crippen LogP contribution in [0.15, 0.2) is 0 Å². The number of carbonyl (C=O) groups is 2. The highest BCUT2D eigenvalue weighted by atomic mass is 16.2. The van der Waals surface area contributed by atoms with Crippen LogP contribution >= 0.6 is 0 Å². The van der Waals surface area contributed by atoms with Crippen LogP contribution in [0.3, 0.4) is 0 Å². The number of nitrogens with two attached hydrogens (primary N) is 1. The predicted molar refractivity (Wildman–Crippen MR) is 79.9 cm³/mol. The van der Waals surface area contributed by atoms with Crippen LogP contribution in [0.25, 0.3) is 0 Å². The Bertz CT molecular complexity index is 344. The third-order valence-corrected chi connectivity index (χ3v) is 4.50. The fourth-order valence-corrected chi connectivity index (χ4v) is 2.63. The van der Waals surface area contributed by atoms with Gasteiger partial charge in [0.15, 0.2) is 0 Å². The van der Waals surface area contributed by atoms with Crippen LogP contribution in [-0.4, -0.2) is 30.4 Å². The van der Waals surface area contributed by atoms with Crippen molar-refractivity contribution in [3.63, 3.8) is 0 Å². The first-order valence-electron chi connectivity index (χ1n) is 7.65. The summed E-state index contributed by atoms with van der Waals surface area (Å²) < 4.78 is 0. The van der Waals surface area contributed by atoms with Crippen molar-refractivity contribution in [3.8, 4) is 0 Å². The molecule has 1 aliphatic carbocycles. The van der Waals surface area contributed by atoms with E-state index in [0.29, 0.717) is 11.8 Å². The van der Waals surface area contributed by atoms with Gasteiger partial charge in [-0.1, -0.05) is 40.5 Å². The molecule has 20 heavy (non-hydrogen) atoms. The van der Waals surface area contributed by atoms with E-state index in [0.717, 1.165) is 12.8 Å². The second kappa shape index (κ2) is 7.62. The van der Waals surface area contributed by atoms with Crippen molar-refractivity contribution in [3.05, 3.63) is 0 Å². The average molecular weight is 283 g/mol. The van der Waals surface area contributed by atoms with Gasteiger partial charge in [-0.2, -0.15) is 0 Å². The van der Waals surface area contributed by atoms with Gasteiger partial charge >= 0.3 is 0 Å². The molecule has 0 saturated heterocycles. The summed E-state index contributed by atoms with van der Waals surface area (Å²) >= 11 is 0. The number of rotatable bonds is 5. The van der Waals surface area contributed by atoms with Gasteiger partial charge in [0.2, 0.25) is 11.8 Å². The van der Waals surface area contributed by atoms with Gasteiger partial charge < -0.3 is 16.4 Å². The Kier molecular flexibility index (Phi) is 6.46. The van der Waals surface area contributed by atoms with Crippen LogP contribution in [0.2, 0.25) is 0 Å². The Morgan fingerprint density at radius 1 is 1.25 bits per heavy atom. The van der Waals surface area contributed by atoms with Crippen LogP contribution in [-0.2, 0) is 9.59 Å². The Morgan fingerprint density at radius 3 is 2.50 bits per heavy atom. The number of hydrogen-bond donors (Lipinski definition) is 3. The maximum absolute atomic E-state index is 11.9. The summed E-state index contributed by atoms with van der Waals surface area (Å²) in [6.07, 6.45) is 3.41. The van der Waals surface area contributed by atoms with E-state index in [2.05, 4.69) is 24.5 Å². The molecule has 0 aromatic rings. The smallest absolute Gasteiger partial charge is 0.239 e. The Balaban J connectivity index is 2.35. The lowest BCUT2D eigenvalue weighted by molar-refractivity contribution is -0.128. The van der Waals surface area contributed by atoms with Crippen molar-refractivity contribution in [2.75, 3.05) is 6.54 Å². The molecular weight excluding hydrogens is 254 g/mol. The van der Waals surface area contributed by atoms with Gasteiger partial charge in [-0.15, -0.1) is 0 Å². The molecule has 1 saturated carbocycles. The molecule has 1 fully saturated rings. The molecule has 0 aromatic carbocycles. The molecule has 2 amide bonds. The maximum atomic E-state index is 11.9. The summed E-state index contributed by atoms with van der Waals surface area (Å²) in [6, 6.07) is -0.335. The number of carbonyl (C=O) groups excluding carboxylic acids is 2. The highest BCUT2D eigenvalue weighted by Crippen LogP contribution is 2.29. The summed E-state index contributed by atoms with van der Waals surface area (Å²) in [5, 5.41) is 5.63. The number of amides is 2. The molecule has 0 spiro atoms. The first kappa shape index (κ1) is 17.0. The predicted octanol–water partition coefficient (Wildman–Crippen LogP) is 1.03. The van der Waals surface area contributed by atoms with Gasteiger partial charge in [-0.3, -0.25) is 9.59 Å². The molecule has 4 atom stereocenters. The van der Waals surface area contributed by atoms with E-state index >= 15 is 0 Å². The van der Waals surface area contributed by atoms with Crippen LogP contribution in [0, 0.1) is 17.8 Å². The zero-order valence-electron chi connectivity index (χ0n) is 13.1. The molecule has 3 unspecified atom stereocenters. The minimum absolute atomic E-state index is 0.0108. The third-order valence-electron chi connectivity index (χ3n) is 4.50. The molecule has 5 heteroatoms. The highest BCUT2D eigenvalue weighted by molar-refractivity contribution is 5.87. The van der Waals surface area contributed by atoms with E-state index < -0.39 is 6.04 Å². The lowest BCUT2D eigenvalue weighted by atomic mass is 9.78. The van der Waals surface area contributed by atoms with Gasteiger partial charge in [0, 0.05) is 6.04 Å². The summed E-state index contributed by atoms with van der Waals surface area (Å²) in [5.74, 6) is 0.803. The topological polar surface area (TPSA) is 84.2 Å². The first-order valence-corrected chi connectivity index (χ1v) is 7.65. The summed E-state index contributed by atoms with van der Waals surface area (Å²) in [4.78, 5) is 23.6. The van der Waals surface area contributed by atoms with Gasteiger partial charge in [0.05, 0.1) is 12.6 Å². The normalized spacial score (nSPS) is 28.0. The van der Waals surface area contributed by atoms with Crippen molar-refractivity contribution in [1.82, 2.24) is 10.6 Å². The van der Waals surface area contributed by atoms with Crippen molar-refractivity contribution < 1.29 is 9.59 Å². The van der Waals surface area contributed by atoms with Gasteiger partial charge in [0.25, 0.3) is 0 Å². The Morgan fingerprint density at radius 2 is 1.90 bits per heavy atom. The molecule has 1 aliphatic rings. The van der Waals surface area contributed by atoms with Crippen molar-refractivity contribution >= 4 is 11.8 Å². The standard InChI is InChI=1S/C15H29N3O2/c1-9(2)14(16)15(20)17-8-13(19)18-12-7-5-6-10(3)11(12)4/h9-12,14H,5-8,16H2,1-4H3,(H,17,20)(H,18,19)/t10?,11?,12?,14-/m0/s1. The average Bonchev–Trinajstić information content (AvgIpc) is 2.40. The van der Waals surface area contributed by atoms with Crippen LogP contribution in [0.1, 0.15) is 47.0 Å². The highest BCUT2D eigenvalue weighted by Gasteiger charge is 2.28. The second-order valence-electron chi connectivity index (χ2n) is 6.43. The summed E-state index contributed by atoms with van der Waals surface area (Å²) in [6.45, 7) is 8.19. The van der Waals surface area contributed by atoms with Crippen molar-refractivity contribution in [2.24, 2.45) is 23.5 Å². The molecule has 0 heterocycles. The zero-order valence-corrected chi connectivity index (χ0v) is 13.1. The Hall–Kier alpha value is -1.10. The van der Waals surface area contributed by atoms with E-state index in [1.165, 1.54) is 6.42 Å². The first-order chi connectivity index (χ1) is 9.32. The Labute approximate surface area is 122 Å². The molecule has 0 aliphatic heterocycles. The molecule has 0 radical (unpaired) electrons.